The summed E-state index contributed by atoms with van der Waals surface area (Å²) < 4.78 is 42.4. The van der Waals surface area contributed by atoms with E-state index in [0.29, 0.717) is 0 Å². The van der Waals surface area contributed by atoms with Crippen LogP contribution in [0.25, 0.3) is 0 Å². The highest BCUT2D eigenvalue weighted by Gasteiger charge is 2.38. The summed E-state index contributed by atoms with van der Waals surface area (Å²) in [5.41, 5.74) is 0. The number of aliphatic carboxylic acids is 2. The molecule has 0 aliphatic carbocycles. The second kappa shape index (κ2) is 14.1. The molecule has 2 rings (SSSR count). The largest absolute Gasteiger partial charge is 0.490 e. The Bertz CT molecular complexity index is 815. The predicted octanol–water partition coefficient (Wildman–Crippen LogP) is -0.0333. The number of ether oxygens (including phenoxy) is 2. The molecule has 1 aromatic carbocycles. The number of ketones is 1. The summed E-state index contributed by atoms with van der Waals surface area (Å²) in [6, 6.07) is 6.57. The van der Waals surface area contributed by atoms with Crippen LogP contribution in [0.15, 0.2) is 30.3 Å². The Morgan fingerprint density at radius 2 is 1.65 bits per heavy atom. The smallest absolute Gasteiger partial charge is 0.478 e. The first-order valence-electron chi connectivity index (χ1n) is 9.96. The van der Waals surface area contributed by atoms with Gasteiger partial charge in [0.15, 0.2) is 0 Å². The van der Waals surface area contributed by atoms with Crippen LogP contribution in [0.2, 0.25) is 0 Å². The van der Waals surface area contributed by atoms with Crippen molar-refractivity contribution in [2.45, 2.75) is 37.3 Å². The van der Waals surface area contributed by atoms with Gasteiger partial charge in [-0.05, 0) is 38.1 Å². The SMILES string of the molecule is O=C(COC1CCNCC1)NC(CO)C(=O)C(Oc1ccccc1)C(=O)O.O=C(O)C(F)(F)F. The minimum absolute atomic E-state index is 0.0477. The van der Waals surface area contributed by atoms with Crippen molar-refractivity contribution in [3.05, 3.63) is 30.3 Å². The Labute approximate surface area is 191 Å². The van der Waals surface area contributed by atoms with E-state index in [4.69, 9.17) is 19.4 Å². The van der Waals surface area contributed by atoms with Crippen molar-refractivity contribution < 1.29 is 57.1 Å². The standard InChI is InChI=1S/C18H24N2O7.C2HF3O2/c21-10-14(20-15(22)11-26-12-6-8-19-9-7-12)16(23)17(18(24)25)27-13-4-2-1-3-5-13;3-2(4,5)1(6)7/h1-5,12,14,17,19,21H,6-11H2,(H,20,22)(H,24,25);(H,6,7). The van der Waals surface area contributed by atoms with E-state index in [1.165, 1.54) is 12.1 Å². The molecule has 5 N–H and O–H groups in total. The summed E-state index contributed by atoms with van der Waals surface area (Å²) in [6.07, 6.45) is -5.42. The van der Waals surface area contributed by atoms with Crippen molar-refractivity contribution in [3.63, 3.8) is 0 Å². The van der Waals surface area contributed by atoms with Crippen LogP contribution in [0, 0.1) is 0 Å². The second-order valence-corrected chi connectivity index (χ2v) is 6.92. The molecule has 1 saturated heterocycles. The maximum absolute atomic E-state index is 12.4. The molecule has 0 bridgehead atoms. The van der Waals surface area contributed by atoms with Gasteiger partial charge in [0.2, 0.25) is 11.7 Å². The van der Waals surface area contributed by atoms with Gasteiger partial charge >= 0.3 is 18.1 Å². The second-order valence-electron chi connectivity index (χ2n) is 6.92. The summed E-state index contributed by atoms with van der Waals surface area (Å²) in [7, 11) is 0. The lowest BCUT2D eigenvalue weighted by Gasteiger charge is -2.24. The fourth-order valence-corrected chi connectivity index (χ4v) is 2.65. The normalized spacial score (nSPS) is 15.8. The molecule has 1 aliphatic heterocycles. The quantitative estimate of drug-likeness (QED) is 0.278. The van der Waals surface area contributed by atoms with Crippen molar-refractivity contribution in [1.82, 2.24) is 10.6 Å². The van der Waals surface area contributed by atoms with Crippen molar-refractivity contribution in [2.75, 3.05) is 26.3 Å². The fourth-order valence-electron chi connectivity index (χ4n) is 2.65. The lowest BCUT2D eigenvalue weighted by Crippen LogP contribution is -2.52. The molecular weight excluding hydrogens is 469 g/mol. The van der Waals surface area contributed by atoms with Crippen LogP contribution in [0.5, 0.6) is 5.75 Å². The van der Waals surface area contributed by atoms with Gasteiger partial charge in [0.1, 0.15) is 18.4 Å². The van der Waals surface area contributed by atoms with Gasteiger partial charge in [-0.25, -0.2) is 9.59 Å². The number of aliphatic hydroxyl groups is 1. The van der Waals surface area contributed by atoms with Crippen LogP contribution >= 0.6 is 0 Å². The average Bonchev–Trinajstić information content (AvgIpc) is 2.80. The first-order valence-corrected chi connectivity index (χ1v) is 9.96. The minimum Gasteiger partial charge on any atom is -0.478 e. The van der Waals surface area contributed by atoms with Crippen LogP contribution in [0.1, 0.15) is 12.8 Å². The van der Waals surface area contributed by atoms with E-state index >= 15 is 0 Å². The Kier molecular flexibility index (Phi) is 12.0. The summed E-state index contributed by atoms with van der Waals surface area (Å²) in [5, 5.41) is 31.3. The molecule has 11 nitrogen and oxygen atoms in total. The summed E-state index contributed by atoms with van der Waals surface area (Å²) in [4.78, 5) is 44.7. The molecular formula is C20H25F3N2O9. The highest BCUT2D eigenvalue weighted by molar-refractivity contribution is 6.05. The van der Waals surface area contributed by atoms with E-state index in [2.05, 4.69) is 10.6 Å². The van der Waals surface area contributed by atoms with Crippen LogP contribution in [0.4, 0.5) is 13.2 Å². The number of halogens is 3. The number of carboxylic acids is 2. The third-order valence-corrected chi connectivity index (χ3v) is 4.32. The van der Waals surface area contributed by atoms with E-state index in [1.807, 2.05) is 0 Å². The van der Waals surface area contributed by atoms with Crippen molar-refractivity contribution in [1.29, 1.82) is 0 Å². The Hall–Kier alpha value is -3.23. The highest BCUT2D eigenvalue weighted by atomic mass is 19.4. The van der Waals surface area contributed by atoms with Crippen molar-refractivity contribution >= 4 is 23.6 Å². The molecule has 190 valence electrons. The first kappa shape index (κ1) is 28.8. The van der Waals surface area contributed by atoms with Gasteiger partial charge in [0, 0.05) is 0 Å². The van der Waals surface area contributed by atoms with E-state index in [9.17, 15) is 37.8 Å². The molecule has 34 heavy (non-hydrogen) atoms. The molecule has 0 radical (unpaired) electrons. The lowest BCUT2D eigenvalue weighted by molar-refractivity contribution is -0.192. The maximum Gasteiger partial charge on any atom is 0.490 e. The third-order valence-electron chi connectivity index (χ3n) is 4.32. The summed E-state index contributed by atoms with van der Waals surface area (Å²) in [5.74, 6) is -5.64. The van der Waals surface area contributed by atoms with Crippen LogP contribution in [-0.4, -0.2) is 89.7 Å². The Balaban J connectivity index is 0.000000718. The van der Waals surface area contributed by atoms with E-state index in [1.54, 1.807) is 18.2 Å². The zero-order valence-electron chi connectivity index (χ0n) is 17.8. The predicted molar refractivity (Wildman–Crippen MR) is 108 cm³/mol. The van der Waals surface area contributed by atoms with Gasteiger partial charge in [-0.3, -0.25) is 9.59 Å². The zero-order valence-corrected chi connectivity index (χ0v) is 17.8. The van der Waals surface area contributed by atoms with Gasteiger partial charge < -0.3 is 35.4 Å². The monoisotopic (exact) mass is 494 g/mol. The molecule has 0 spiro atoms. The molecule has 2 unspecified atom stereocenters. The highest BCUT2D eigenvalue weighted by Crippen LogP contribution is 2.14. The number of benzene rings is 1. The molecule has 1 aliphatic rings. The lowest BCUT2D eigenvalue weighted by atomic mass is 10.1. The molecule has 0 aromatic heterocycles. The molecule has 14 heteroatoms. The first-order chi connectivity index (χ1) is 16.0. The number of hydrogen-bond acceptors (Lipinski definition) is 8. The molecule has 1 aromatic rings. The van der Waals surface area contributed by atoms with Gasteiger partial charge in [-0.2, -0.15) is 13.2 Å². The van der Waals surface area contributed by atoms with Crippen molar-refractivity contribution in [3.8, 4) is 5.75 Å². The number of carboxylic acid groups (broad SMARTS) is 2. The van der Waals surface area contributed by atoms with Crippen molar-refractivity contribution in [2.24, 2.45) is 0 Å². The van der Waals surface area contributed by atoms with Gasteiger partial charge in [-0.15, -0.1) is 0 Å². The van der Waals surface area contributed by atoms with Gasteiger partial charge in [-0.1, -0.05) is 18.2 Å². The third kappa shape index (κ3) is 10.6. The molecule has 1 amide bonds. The average molecular weight is 494 g/mol. The zero-order chi connectivity index (χ0) is 25.7. The number of para-hydroxylation sites is 1. The number of amides is 1. The number of carbonyl (C=O) groups is 4. The number of aliphatic hydroxyl groups excluding tert-OH is 1. The number of piperidine rings is 1. The maximum atomic E-state index is 12.4. The van der Waals surface area contributed by atoms with E-state index in [-0.39, 0.29) is 18.5 Å². The Morgan fingerprint density at radius 1 is 1.09 bits per heavy atom. The van der Waals surface area contributed by atoms with Crippen LogP contribution in [-0.2, 0) is 23.9 Å². The van der Waals surface area contributed by atoms with E-state index < -0.39 is 48.6 Å². The number of nitrogens with one attached hydrogen (secondary N) is 2. The number of Topliss-reactive ketones (excluding diaryl/α,β-unsaturated/α-hetero) is 1. The molecule has 1 heterocycles. The van der Waals surface area contributed by atoms with Crippen LogP contribution in [0.3, 0.4) is 0 Å². The Morgan fingerprint density at radius 3 is 2.12 bits per heavy atom. The van der Waals surface area contributed by atoms with E-state index in [0.717, 1.165) is 25.9 Å². The summed E-state index contributed by atoms with van der Waals surface area (Å²) in [6.45, 7) is 0.591. The number of carbonyl (C=O) groups excluding carboxylic acids is 2. The van der Waals surface area contributed by atoms with Crippen LogP contribution < -0.4 is 15.4 Å². The number of rotatable bonds is 10. The topological polar surface area (TPSA) is 171 Å². The minimum atomic E-state index is -5.08. The fraction of sp³-hybridized carbons (Fsp3) is 0.500. The summed E-state index contributed by atoms with van der Waals surface area (Å²) >= 11 is 0. The molecule has 2 atom stereocenters. The van der Waals surface area contributed by atoms with Gasteiger partial charge in [0.05, 0.1) is 12.7 Å². The number of alkyl halides is 3. The molecule has 0 saturated carbocycles. The van der Waals surface area contributed by atoms with Gasteiger partial charge in [0.25, 0.3) is 6.10 Å². The molecule has 1 fully saturated rings. The number of hydrogen-bond donors (Lipinski definition) is 5.